The van der Waals surface area contributed by atoms with Gasteiger partial charge >= 0.3 is 0 Å². The normalized spacial score (nSPS) is 34.2. The minimum atomic E-state index is 0.420. The van der Waals surface area contributed by atoms with Crippen molar-refractivity contribution in [3.63, 3.8) is 0 Å². The van der Waals surface area contributed by atoms with Crippen LogP contribution in [0, 0.1) is 5.92 Å². The maximum absolute atomic E-state index is 11.2. The molecule has 1 aliphatic heterocycles. The molecule has 2 aliphatic rings. The van der Waals surface area contributed by atoms with Gasteiger partial charge in [0.15, 0.2) is 0 Å². The van der Waals surface area contributed by atoms with Gasteiger partial charge in [-0.25, -0.2) is 0 Å². The van der Waals surface area contributed by atoms with Crippen LogP contribution in [0.1, 0.15) is 45.4 Å². The Bertz CT molecular complexity index is 214. The van der Waals surface area contributed by atoms with Crippen molar-refractivity contribution in [2.24, 2.45) is 5.92 Å². The summed E-state index contributed by atoms with van der Waals surface area (Å²) in [5, 5.41) is 0. The number of ketones is 1. The second-order valence-electron chi connectivity index (χ2n) is 4.87. The topological polar surface area (TPSA) is 20.3 Å². The molecule has 1 aliphatic carbocycles. The van der Waals surface area contributed by atoms with Crippen molar-refractivity contribution < 1.29 is 4.79 Å². The molecule has 0 bridgehead atoms. The van der Waals surface area contributed by atoms with Crippen LogP contribution in [0.3, 0.4) is 0 Å². The first-order valence-electron chi connectivity index (χ1n) is 6.04. The van der Waals surface area contributed by atoms with E-state index in [1.54, 1.807) is 0 Å². The van der Waals surface area contributed by atoms with Crippen molar-refractivity contribution in [2.75, 3.05) is 13.1 Å². The first kappa shape index (κ1) is 10.2. The molecule has 0 amide bonds. The summed E-state index contributed by atoms with van der Waals surface area (Å²) in [4.78, 5) is 13.7. The molecule has 0 aromatic carbocycles. The number of hydrogen-bond donors (Lipinski definition) is 0. The molecule has 0 aromatic heterocycles. The molecule has 2 nitrogen and oxygen atoms in total. The van der Waals surface area contributed by atoms with Crippen molar-refractivity contribution in [1.82, 2.24) is 4.90 Å². The number of likely N-dealkylation sites (tertiary alicyclic amines) is 1. The third-order valence-electron chi connectivity index (χ3n) is 3.90. The summed E-state index contributed by atoms with van der Waals surface area (Å²) < 4.78 is 0. The summed E-state index contributed by atoms with van der Waals surface area (Å²) in [7, 11) is 0. The molecule has 14 heavy (non-hydrogen) atoms. The van der Waals surface area contributed by atoms with E-state index in [1.807, 2.05) is 0 Å². The van der Waals surface area contributed by atoms with Gasteiger partial charge in [0.1, 0.15) is 5.78 Å². The van der Waals surface area contributed by atoms with Crippen LogP contribution in [0.15, 0.2) is 0 Å². The van der Waals surface area contributed by atoms with Crippen LogP contribution in [0.5, 0.6) is 0 Å². The highest BCUT2D eigenvalue weighted by Crippen LogP contribution is 2.27. The number of Topliss-reactive ketones (excluding diaryl/α,β-unsaturated/α-hetero) is 1. The van der Waals surface area contributed by atoms with Crippen molar-refractivity contribution in [2.45, 2.75) is 51.5 Å². The summed E-state index contributed by atoms with van der Waals surface area (Å²) in [5.74, 6) is 0.929. The van der Waals surface area contributed by atoms with E-state index in [0.717, 1.165) is 31.8 Å². The quantitative estimate of drug-likeness (QED) is 0.688. The number of hydrogen-bond acceptors (Lipinski definition) is 2. The molecule has 2 rings (SSSR count). The Labute approximate surface area is 86.7 Å². The van der Waals surface area contributed by atoms with Gasteiger partial charge in [-0.15, -0.1) is 0 Å². The Balaban J connectivity index is 1.70. The molecule has 2 heteroatoms. The molecular formula is C12H21NO. The smallest absolute Gasteiger partial charge is 0.136 e. The lowest BCUT2D eigenvalue weighted by molar-refractivity contribution is -0.129. The summed E-state index contributed by atoms with van der Waals surface area (Å²) >= 11 is 0. The van der Waals surface area contributed by atoms with Crippen LogP contribution in [0.4, 0.5) is 0 Å². The molecule has 2 atom stereocenters. The Kier molecular flexibility index (Phi) is 3.22. The maximum atomic E-state index is 11.2. The zero-order valence-corrected chi connectivity index (χ0v) is 9.17. The van der Waals surface area contributed by atoms with Gasteiger partial charge in [-0.1, -0.05) is 6.42 Å². The van der Waals surface area contributed by atoms with Gasteiger partial charge in [0, 0.05) is 18.4 Å². The second-order valence-corrected chi connectivity index (χ2v) is 4.87. The predicted molar refractivity (Wildman–Crippen MR) is 57.2 cm³/mol. The lowest BCUT2D eigenvalue weighted by atomic mass is 9.81. The number of nitrogens with zero attached hydrogens (tertiary/aromatic N) is 1. The van der Waals surface area contributed by atoms with Crippen LogP contribution in [0.2, 0.25) is 0 Å². The van der Waals surface area contributed by atoms with Gasteiger partial charge in [-0.05, 0) is 45.7 Å². The average Bonchev–Trinajstić information content (AvgIpc) is 2.19. The zero-order chi connectivity index (χ0) is 9.97. The van der Waals surface area contributed by atoms with E-state index in [-0.39, 0.29) is 0 Å². The van der Waals surface area contributed by atoms with Gasteiger partial charge < -0.3 is 4.90 Å². The number of rotatable bonds is 3. The Hall–Kier alpha value is -0.370. The number of carbonyl (C=O) groups is 1. The van der Waals surface area contributed by atoms with E-state index in [0.29, 0.717) is 11.7 Å². The van der Waals surface area contributed by atoms with Gasteiger partial charge in [0.05, 0.1) is 0 Å². The van der Waals surface area contributed by atoms with E-state index in [4.69, 9.17) is 0 Å². The third-order valence-corrected chi connectivity index (χ3v) is 3.90. The van der Waals surface area contributed by atoms with E-state index in [1.165, 1.54) is 25.8 Å². The SMILES string of the molecule is CC1CCCCN1CCC1CCC1=O. The second kappa shape index (κ2) is 4.43. The van der Waals surface area contributed by atoms with Crippen molar-refractivity contribution >= 4 is 5.78 Å². The molecule has 0 spiro atoms. The maximum Gasteiger partial charge on any atom is 0.136 e. The molecule has 0 N–H and O–H groups in total. The third kappa shape index (κ3) is 2.17. The lowest BCUT2D eigenvalue weighted by Gasteiger charge is -2.35. The highest BCUT2D eigenvalue weighted by atomic mass is 16.1. The minimum absolute atomic E-state index is 0.420. The van der Waals surface area contributed by atoms with E-state index in [2.05, 4.69) is 11.8 Å². The van der Waals surface area contributed by atoms with Crippen LogP contribution < -0.4 is 0 Å². The summed E-state index contributed by atoms with van der Waals surface area (Å²) in [6.07, 6.45) is 7.20. The highest BCUT2D eigenvalue weighted by Gasteiger charge is 2.28. The van der Waals surface area contributed by atoms with Gasteiger partial charge in [0.2, 0.25) is 0 Å². The standard InChI is InChI=1S/C12H21NO/c1-10-4-2-3-8-13(10)9-7-11-5-6-12(11)14/h10-11H,2-9H2,1H3. The van der Waals surface area contributed by atoms with Crippen LogP contribution in [0.25, 0.3) is 0 Å². The summed E-state index contributed by atoms with van der Waals surface area (Å²) in [5.41, 5.74) is 0. The Morgan fingerprint density at radius 2 is 2.21 bits per heavy atom. The summed E-state index contributed by atoms with van der Waals surface area (Å²) in [6, 6.07) is 0.749. The molecule has 80 valence electrons. The fourth-order valence-electron chi connectivity index (χ4n) is 2.58. The molecule has 0 aromatic rings. The van der Waals surface area contributed by atoms with Crippen LogP contribution in [-0.4, -0.2) is 29.8 Å². The fourth-order valence-corrected chi connectivity index (χ4v) is 2.58. The fraction of sp³-hybridized carbons (Fsp3) is 0.917. The Morgan fingerprint density at radius 1 is 1.36 bits per heavy atom. The van der Waals surface area contributed by atoms with Crippen LogP contribution in [-0.2, 0) is 4.79 Å². The average molecular weight is 195 g/mol. The highest BCUT2D eigenvalue weighted by molar-refractivity contribution is 5.86. The molecule has 1 saturated carbocycles. The van der Waals surface area contributed by atoms with E-state index < -0.39 is 0 Å². The first-order chi connectivity index (χ1) is 6.77. The molecule has 2 unspecified atom stereocenters. The molecule has 2 fully saturated rings. The van der Waals surface area contributed by atoms with E-state index >= 15 is 0 Å². The zero-order valence-electron chi connectivity index (χ0n) is 9.17. The predicted octanol–water partition coefficient (Wildman–Crippen LogP) is 2.23. The lowest BCUT2D eigenvalue weighted by Crippen LogP contribution is -2.40. The van der Waals surface area contributed by atoms with Crippen molar-refractivity contribution in [3.8, 4) is 0 Å². The summed E-state index contributed by atoms with van der Waals surface area (Å²) in [6.45, 7) is 4.72. The molecule has 0 radical (unpaired) electrons. The largest absolute Gasteiger partial charge is 0.301 e. The van der Waals surface area contributed by atoms with Crippen LogP contribution >= 0.6 is 0 Å². The Morgan fingerprint density at radius 3 is 2.79 bits per heavy atom. The molecule has 1 heterocycles. The number of piperidine rings is 1. The van der Waals surface area contributed by atoms with E-state index in [9.17, 15) is 4.79 Å². The van der Waals surface area contributed by atoms with Crippen molar-refractivity contribution in [1.29, 1.82) is 0 Å². The first-order valence-corrected chi connectivity index (χ1v) is 6.04. The van der Waals surface area contributed by atoms with Gasteiger partial charge in [-0.2, -0.15) is 0 Å². The van der Waals surface area contributed by atoms with Crippen molar-refractivity contribution in [3.05, 3.63) is 0 Å². The molecule has 1 saturated heterocycles. The van der Waals surface area contributed by atoms with Gasteiger partial charge in [0.25, 0.3) is 0 Å². The van der Waals surface area contributed by atoms with Gasteiger partial charge in [-0.3, -0.25) is 4.79 Å². The number of carbonyl (C=O) groups excluding carboxylic acids is 1. The molecular weight excluding hydrogens is 174 g/mol. The monoisotopic (exact) mass is 195 g/mol. The minimum Gasteiger partial charge on any atom is -0.301 e.